The van der Waals surface area contributed by atoms with Crippen molar-refractivity contribution in [3.8, 4) is 0 Å². The zero-order chi connectivity index (χ0) is 104. The number of nitrogens with one attached hydrogen (secondary N) is 2. The van der Waals surface area contributed by atoms with Gasteiger partial charge in [0.2, 0.25) is 35.5 Å². The van der Waals surface area contributed by atoms with Gasteiger partial charge in [-0.2, -0.15) is 5.10 Å². The van der Waals surface area contributed by atoms with E-state index in [1.54, 1.807) is 155 Å². The molecule has 0 saturated carbocycles. The Morgan fingerprint density at radius 2 is 0.587 bits per heavy atom. The van der Waals surface area contributed by atoms with Crippen LogP contribution in [-0.4, -0.2) is 289 Å². The largest absolute Gasteiger partial charge is 1.00 e. The lowest BCUT2D eigenvalue weighted by Gasteiger charge is -2.31. The minimum Gasteiger partial charge on any atom is -1.00 e. The van der Waals surface area contributed by atoms with E-state index in [2.05, 4.69) is 333 Å². The maximum atomic E-state index is 12.8. The van der Waals surface area contributed by atoms with Crippen molar-refractivity contribution >= 4 is 180 Å². The van der Waals surface area contributed by atoms with Gasteiger partial charge in [0.05, 0.1) is 37.1 Å². The van der Waals surface area contributed by atoms with E-state index >= 15 is 0 Å². The van der Waals surface area contributed by atoms with Crippen molar-refractivity contribution in [2.75, 3.05) is 140 Å². The molecule has 4 unspecified atom stereocenters. The Bertz CT molecular complexity index is 4790. The predicted molar refractivity (Wildman–Crippen MR) is 614 cm³/mol. The lowest BCUT2D eigenvalue weighted by molar-refractivity contribution is -0.134. The standard InChI is InChI=1S/C28H37BN2O2P.C28H36N4OP.C28H35NOP.C10H22BBrN2O2.C6H15BN2O2.C4H8Br2.C4H6N4.3ClH/c1-29(33)31(4)27(28(32)30(2)3)22-14-15-23-34(24-16-8-5-9-17-24,25-18-10-6-11-19-25)26-20-12-7-13-21-26;1-31(2)27(33)26(32(3)28(29)30)21-13-14-22-34(23-15-7-4-8-16-23,24-17-9-5-10-18-24)25-19-11-6-12-20-25;1-4-24(28(30)29(2)3)16-14-15-23-31(25-17-8-5-9-18-25,26-19-10-6-11-20-26)27-21-12-7-13-22-27;1-11(16)14(4)9(7-5-6-8-12)10(15)13(2)3;1-7(11)9(4)5-6(10)8(2)3;5-3-1-2-4-6;5-4(6)8-3-1-2-7-8;;;/h5-13,16-21,27,33H,14-15,22-23H2,1-4H3;4-12,15-20,26H,13-14,21-22H2,1-3H3,(H3,29,30);5-13,17-22,24H,4,14-16,23H2,1-3H3;9,16H,5-8H2,1-4H3;11H,5H2,1-4H3;1-4H2;1-3H,(H3,5,6);3*1H/q3*+1;;;;;;;/p-3. The fourth-order valence-electron chi connectivity index (χ4n) is 16.2. The molecule has 9 N–H and O–H groups in total. The molecule has 5 amide bonds. The number of nitrogen functional groups attached to an aromatic ring is 1. The summed E-state index contributed by atoms with van der Waals surface area (Å²) in [5.41, 5.74) is 10.8. The molecular weight excluding hydrogens is 2110 g/mol. The van der Waals surface area contributed by atoms with Gasteiger partial charge in [-0.1, -0.05) is 225 Å². The van der Waals surface area contributed by atoms with Gasteiger partial charge >= 0.3 is 21.2 Å². The third kappa shape index (κ3) is 43.7. The Labute approximate surface area is 903 Å². The van der Waals surface area contributed by atoms with Gasteiger partial charge in [0.25, 0.3) is 0 Å². The van der Waals surface area contributed by atoms with Crippen molar-refractivity contribution < 1.29 is 76.3 Å². The molecular formula is C108H159B3Br3Cl3N15O8P3. The van der Waals surface area contributed by atoms with Crippen LogP contribution in [-0.2, 0) is 24.0 Å². The summed E-state index contributed by atoms with van der Waals surface area (Å²) in [6.45, 7) is 7.40. The Morgan fingerprint density at radius 3 is 0.783 bits per heavy atom. The molecule has 4 atom stereocenters. The Kier molecular flexibility index (Phi) is 67.8. The Hall–Kier alpha value is -8.17. The Balaban J connectivity index is 0.000000890. The van der Waals surface area contributed by atoms with Crippen LogP contribution < -0.4 is 96.4 Å². The molecule has 1 heterocycles. The molecule has 0 aliphatic heterocycles. The fraction of sp³-hybridized carbons (Fsp3) is 0.407. The highest BCUT2D eigenvalue weighted by molar-refractivity contribution is 9.09. The summed E-state index contributed by atoms with van der Waals surface area (Å²) in [4.78, 5) is 75.7. The number of unbranched alkanes of at least 4 members (excludes halogenated alkanes) is 5. The number of halogens is 6. The summed E-state index contributed by atoms with van der Waals surface area (Å²) < 4.78 is 1.28. The molecule has 0 aliphatic rings. The van der Waals surface area contributed by atoms with E-state index in [0.717, 1.165) is 112 Å². The number of nitrogens with two attached hydrogens (primary N) is 2. The third-order valence-electron chi connectivity index (χ3n) is 24.6. The van der Waals surface area contributed by atoms with E-state index in [9.17, 15) is 34.0 Å². The highest BCUT2D eigenvalue weighted by atomic mass is 79.9. The Morgan fingerprint density at radius 1 is 0.350 bits per heavy atom. The van der Waals surface area contributed by atoms with Crippen LogP contribution in [0.15, 0.2) is 291 Å². The van der Waals surface area contributed by atoms with Gasteiger partial charge in [0.15, 0.2) is 5.96 Å². The van der Waals surface area contributed by atoms with E-state index in [1.165, 1.54) is 70.2 Å². The van der Waals surface area contributed by atoms with Crippen LogP contribution in [0.3, 0.4) is 0 Å². The van der Waals surface area contributed by atoms with Crippen LogP contribution in [0.5, 0.6) is 0 Å². The summed E-state index contributed by atoms with van der Waals surface area (Å²) in [5, 5.41) is 62.8. The minimum atomic E-state index is -1.87. The molecule has 23 nitrogen and oxygen atoms in total. The van der Waals surface area contributed by atoms with E-state index in [1.807, 2.05) is 21.1 Å². The van der Waals surface area contributed by atoms with Crippen molar-refractivity contribution in [2.45, 2.75) is 142 Å². The van der Waals surface area contributed by atoms with Crippen molar-refractivity contribution in [3.05, 3.63) is 291 Å². The van der Waals surface area contributed by atoms with Crippen LogP contribution in [0, 0.1) is 16.7 Å². The summed E-state index contributed by atoms with van der Waals surface area (Å²) in [6, 6.07) is 99.1. The zero-order valence-corrected chi connectivity index (χ0v) is 97.1. The van der Waals surface area contributed by atoms with E-state index < -0.39 is 49.0 Å². The van der Waals surface area contributed by atoms with Gasteiger partial charge in [-0.3, -0.25) is 34.8 Å². The lowest BCUT2D eigenvalue weighted by Crippen LogP contribution is -3.00. The van der Waals surface area contributed by atoms with Crippen LogP contribution in [0.2, 0.25) is 20.5 Å². The predicted octanol–water partition coefficient (Wildman–Crippen LogP) is 5.71. The first-order valence-corrected chi connectivity index (χ1v) is 57.7. The zero-order valence-electron chi connectivity index (χ0n) is 87.4. The van der Waals surface area contributed by atoms with Crippen molar-refractivity contribution in [3.63, 3.8) is 0 Å². The number of hydrogen-bond acceptors (Lipinski definition) is 14. The smallest absolute Gasteiger partial charge is 0.376 e. The number of aromatic nitrogens is 2. The maximum Gasteiger partial charge on any atom is 0.376 e. The first kappa shape index (κ1) is 133. The maximum absolute atomic E-state index is 12.8. The monoisotopic (exact) mass is 2260 g/mol. The molecule has 0 aliphatic carbocycles. The fourth-order valence-corrected chi connectivity index (χ4v) is 30.6. The van der Waals surface area contributed by atoms with Crippen LogP contribution in [0.4, 0.5) is 0 Å². The first-order valence-electron chi connectivity index (χ1n) is 48.4. The number of nitrogens with zero attached hydrogens (tertiary/aromatic N) is 11. The van der Waals surface area contributed by atoms with Gasteiger partial charge in [-0.05, 0) is 247 Å². The number of carbonyl (C=O) groups is 5. The minimum absolute atomic E-state index is 0. The highest BCUT2D eigenvalue weighted by Crippen LogP contribution is 2.58. The molecule has 0 saturated heterocycles. The number of likely N-dealkylation sites (N-methyl/N-ethyl adjacent to an activating group) is 8. The second-order valence-electron chi connectivity index (χ2n) is 35.7. The SMILES string of the molecule is BrCCCCBr.CB(O)N(C)C(CCCCBr)C(=O)N(C)C.CB(O)N(C)C(CCCC[P+](c1ccccc1)(c1ccccc1)c1ccccc1)C(=O)N(C)C.CB(O)N(C)CC(=O)N(C)C.CCC(CCCC[P+](c1ccccc1)(c1ccccc1)c1ccccc1)C(=O)N(C)C.CN(C)C(=O)C(CCCC[P+](c1ccccc1)(c1ccccc1)c1ccccc1)N(C)C(=N)N.N=C(N)n1cccn1.[Cl-].[Cl-].[Cl-]. The lowest BCUT2D eigenvalue weighted by atomic mass is 9.83. The summed E-state index contributed by atoms with van der Waals surface area (Å²) in [5.74, 6) is 0.318. The normalized spacial score (nSPS) is 11.6. The van der Waals surface area contributed by atoms with E-state index in [-0.39, 0.29) is 103 Å². The van der Waals surface area contributed by atoms with Gasteiger partial charge in [-0.15, -0.1) is 0 Å². The van der Waals surface area contributed by atoms with E-state index in [0.29, 0.717) is 6.42 Å². The topological polar surface area (TPSA) is 293 Å². The van der Waals surface area contributed by atoms with Crippen molar-refractivity contribution in [2.24, 2.45) is 17.4 Å². The quantitative estimate of drug-likeness (QED) is 0.00601. The summed E-state index contributed by atoms with van der Waals surface area (Å²) in [6.07, 6.45) is 20.9. The van der Waals surface area contributed by atoms with Crippen molar-refractivity contribution in [1.29, 1.82) is 10.8 Å². The number of guanidine groups is 1. The van der Waals surface area contributed by atoms with Crippen LogP contribution >= 0.6 is 69.6 Å². The van der Waals surface area contributed by atoms with Gasteiger partial charge < -0.3 is 108 Å². The highest BCUT2D eigenvalue weighted by Gasteiger charge is 2.48. The summed E-state index contributed by atoms with van der Waals surface area (Å²) in [7, 11) is 17.4. The van der Waals surface area contributed by atoms with E-state index in [4.69, 9.17) is 27.3 Å². The van der Waals surface area contributed by atoms with Crippen molar-refractivity contribution in [1.82, 2.24) is 53.6 Å². The molecule has 143 heavy (non-hydrogen) atoms. The average molecular weight is 2270 g/mol. The van der Waals surface area contributed by atoms with Gasteiger partial charge in [0.1, 0.15) is 75.6 Å². The van der Waals surface area contributed by atoms with Gasteiger partial charge in [-0.25, -0.2) is 4.68 Å². The number of benzene rings is 9. The molecule has 9 aromatic carbocycles. The first-order chi connectivity index (χ1) is 66.9. The van der Waals surface area contributed by atoms with Crippen LogP contribution in [0.1, 0.15) is 103 Å². The van der Waals surface area contributed by atoms with Crippen LogP contribution in [0.25, 0.3) is 0 Å². The number of hydrogen-bond donors (Lipinski definition) is 7. The third-order valence-corrected chi connectivity index (χ3v) is 39.9. The molecule has 0 radical (unpaired) electrons. The molecule has 780 valence electrons. The number of rotatable bonds is 44. The summed E-state index contributed by atoms with van der Waals surface area (Å²) >= 11 is 10.0. The number of carbonyl (C=O) groups excluding carboxylic acids is 5. The van der Waals surface area contributed by atoms with Gasteiger partial charge in [0, 0.05) is 112 Å². The second kappa shape index (κ2) is 73.0. The molecule has 1 aromatic heterocycles. The molecule has 0 spiro atoms. The molecule has 0 fully saturated rings. The second-order valence-corrected chi connectivity index (χ2v) is 48.9. The number of amides is 5. The molecule has 10 aromatic rings. The average Bonchev–Trinajstić information content (AvgIpc) is 0.898. The number of alkyl halides is 3. The molecule has 10 rings (SSSR count). The molecule has 0 bridgehead atoms. The molecule has 35 heteroatoms.